The zero-order chi connectivity index (χ0) is 11.5. The van der Waals surface area contributed by atoms with E-state index in [4.69, 9.17) is 5.11 Å². The molecule has 0 saturated carbocycles. The number of alkyl halides is 1. The SMILES string of the molecule is O=C(O)c1cccc(-n2cc(CF)nn2)c1. The summed E-state index contributed by atoms with van der Waals surface area (Å²) in [6, 6.07) is 6.18. The summed E-state index contributed by atoms with van der Waals surface area (Å²) in [5.74, 6) is -1.02. The number of rotatable bonds is 3. The van der Waals surface area contributed by atoms with Gasteiger partial charge in [-0.1, -0.05) is 11.3 Å². The van der Waals surface area contributed by atoms with Crippen molar-refractivity contribution in [3.05, 3.63) is 41.7 Å². The van der Waals surface area contributed by atoms with Crippen LogP contribution in [-0.2, 0) is 6.67 Å². The molecule has 0 radical (unpaired) electrons. The molecule has 0 spiro atoms. The average molecular weight is 221 g/mol. The molecule has 0 fully saturated rings. The molecule has 0 unspecified atom stereocenters. The highest BCUT2D eigenvalue weighted by atomic mass is 19.1. The lowest BCUT2D eigenvalue weighted by Crippen LogP contribution is -2.00. The number of carbonyl (C=O) groups is 1. The Morgan fingerprint density at radius 3 is 2.94 bits per heavy atom. The summed E-state index contributed by atoms with van der Waals surface area (Å²) in [4.78, 5) is 10.7. The Hall–Kier alpha value is -2.24. The Bertz CT molecular complexity index is 524. The predicted molar refractivity (Wildman–Crippen MR) is 53.1 cm³/mol. The monoisotopic (exact) mass is 221 g/mol. The minimum absolute atomic E-state index is 0.148. The smallest absolute Gasteiger partial charge is 0.335 e. The summed E-state index contributed by atoms with van der Waals surface area (Å²) in [6.07, 6.45) is 1.42. The molecule has 16 heavy (non-hydrogen) atoms. The third kappa shape index (κ3) is 1.90. The Balaban J connectivity index is 2.40. The molecule has 2 rings (SSSR count). The summed E-state index contributed by atoms with van der Waals surface area (Å²) in [5.41, 5.74) is 0.891. The minimum atomic E-state index is -1.02. The van der Waals surface area contributed by atoms with Gasteiger partial charge in [0, 0.05) is 0 Å². The van der Waals surface area contributed by atoms with Gasteiger partial charge in [0.05, 0.1) is 17.4 Å². The molecule has 1 N–H and O–H groups in total. The van der Waals surface area contributed by atoms with Gasteiger partial charge in [-0.15, -0.1) is 5.10 Å². The van der Waals surface area contributed by atoms with Gasteiger partial charge in [0.25, 0.3) is 0 Å². The third-order valence-corrected chi connectivity index (χ3v) is 2.04. The van der Waals surface area contributed by atoms with E-state index in [2.05, 4.69) is 10.3 Å². The summed E-state index contributed by atoms with van der Waals surface area (Å²) in [5, 5.41) is 16.1. The van der Waals surface area contributed by atoms with Gasteiger partial charge in [0.2, 0.25) is 0 Å². The summed E-state index contributed by atoms with van der Waals surface area (Å²) in [6.45, 7) is -0.696. The van der Waals surface area contributed by atoms with Gasteiger partial charge in [0.1, 0.15) is 12.4 Å². The predicted octanol–water partition coefficient (Wildman–Crippen LogP) is 1.43. The quantitative estimate of drug-likeness (QED) is 0.851. The number of nitrogens with zero attached hydrogens (tertiary/aromatic N) is 3. The van der Waals surface area contributed by atoms with Crippen LogP contribution in [0.5, 0.6) is 0 Å². The number of carboxylic acid groups (broad SMARTS) is 1. The van der Waals surface area contributed by atoms with Gasteiger partial charge in [-0.3, -0.25) is 0 Å². The Morgan fingerprint density at radius 1 is 1.50 bits per heavy atom. The Labute approximate surface area is 90.1 Å². The largest absolute Gasteiger partial charge is 0.478 e. The number of aromatic carboxylic acids is 1. The molecule has 5 nitrogen and oxygen atoms in total. The van der Waals surface area contributed by atoms with Crippen LogP contribution in [0.3, 0.4) is 0 Å². The van der Waals surface area contributed by atoms with Crippen molar-refractivity contribution in [2.45, 2.75) is 6.67 Å². The van der Waals surface area contributed by atoms with E-state index in [0.717, 1.165) is 0 Å². The highest BCUT2D eigenvalue weighted by Gasteiger charge is 2.06. The standard InChI is InChI=1S/C10H8FN3O2/c11-5-8-6-14(13-12-8)9-3-1-2-7(4-9)10(15)16/h1-4,6H,5H2,(H,15,16). The first-order valence-electron chi connectivity index (χ1n) is 4.51. The van der Waals surface area contributed by atoms with Gasteiger partial charge in [0.15, 0.2) is 0 Å². The van der Waals surface area contributed by atoms with Gasteiger partial charge >= 0.3 is 5.97 Å². The van der Waals surface area contributed by atoms with Crippen molar-refractivity contribution < 1.29 is 14.3 Å². The lowest BCUT2D eigenvalue weighted by atomic mass is 10.2. The van der Waals surface area contributed by atoms with E-state index in [9.17, 15) is 9.18 Å². The fraction of sp³-hybridized carbons (Fsp3) is 0.100. The first-order valence-corrected chi connectivity index (χ1v) is 4.51. The van der Waals surface area contributed by atoms with E-state index in [1.165, 1.54) is 23.0 Å². The summed E-state index contributed by atoms with van der Waals surface area (Å²) in [7, 11) is 0. The van der Waals surface area contributed by atoms with Crippen molar-refractivity contribution in [1.82, 2.24) is 15.0 Å². The van der Waals surface area contributed by atoms with Crippen molar-refractivity contribution in [2.24, 2.45) is 0 Å². The zero-order valence-electron chi connectivity index (χ0n) is 8.17. The number of hydrogen-bond donors (Lipinski definition) is 1. The zero-order valence-corrected chi connectivity index (χ0v) is 8.17. The van der Waals surface area contributed by atoms with Crippen LogP contribution < -0.4 is 0 Å². The first kappa shape index (κ1) is 10.3. The molecule has 0 saturated heterocycles. The van der Waals surface area contributed by atoms with E-state index >= 15 is 0 Å². The highest BCUT2D eigenvalue weighted by Crippen LogP contribution is 2.10. The molecule has 1 aromatic carbocycles. The molecule has 0 atom stereocenters. The van der Waals surface area contributed by atoms with E-state index in [0.29, 0.717) is 5.69 Å². The third-order valence-electron chi connectivity index (χ3n) is 2.04. The average Bonchev–Trinajstić information content (AvgIpc) is 2.77. The number of hydrogen-bond acceptors (Lipinski definition) is 3. The van der Waals surface area contributed by atoms with E-state index < -0.39 is 12.6 Å². The minimum Gasteiger partial charge on any atom is -0.478 e. The van der Waals surface area contributed by atoms with Crippen LogP contribution in [0, 0.1) is 0 Å². The number of aromatic nitrogens is 3. The van der Waals surface area contributed by atoms with Crippen LogP contribution >= 0.6 is 0 Å². The molecule has 0 aliphatic rings. The van der Waals surface area contributed by atoms with Crippen LogP contribution in [-0.4, -0.2) is 26.1 Å². The maximum absolute atomic E-state index is 12.3. The molecule has 0 amide bonds. The fourth-order valence-electron chi connectivity index (χ4n) is 1.27. The van der Waals surface area contributed by atoms with Gasteiger partial charge < -0.3 is 5.11 Å². The van der Waals surface area contributed by atoms with Crippen LogP contribution in [0.4, 0.5) is 4.39 Å². The second kappa shape index (κ2) is 4.09. The lowest BCUT2D eigenvalue weighted by molar-refractivity contribution is 0.0697. The number of carboxylic acids is 1. The molecule has 82 valence electrons. The first-order chi connectivity index (χ1) is 7.70. The van der Waals surface area contributed by atoms with Gasteiger partial charge in [-0.05, 0) is 18.2 Å². The van der Waals surface area contributed by atoms with Gasteiger partial charge in [-0.2, -0.15) is 0 Å². The normalized spacial score (nSPS) is 10.3. The van der Waals surface area contributed by atoms with Crippen LogP contribution in [0.2, 0.25) is 0 Å². The molecule has 0 aliphatic carbocycles. The molecule has 2 aromatic rings. The molecule has 0 aliphatic heterocycles. The van der Waals surface area contributed by atoms with Gasteiger partial charge in [-0.25, -0.2) is 13.9 Å². The van der Waals surface area contributed by atoms with Crippen molar-refractivity contribution in [1.29, 1.82) is 0 Å². The molecule has 1 heterocycles. The van der Waals surface area contributed by atoms with Crippen LogP contribution in [0.25, 0.3) is 5.69 Å². The molecular weight excluding hydrogens is 213 g/mol. The summed E-state index contributed by atoms with van der Waals surface area (Å²) >= 11 is 0. The summed E-state index contributed by atoms with van der Waals surface area (Å²) < 4.78 is 13.6. The Kier molecular flexibility index (Phi) is 2.63. The number of halogens is 1. The van der Waals surface area contributed by atoms with Crippen molar-refractivity contribution in [3.8, 4) is 5.69 Å². The number of benzene rings is 1. The van der Waals surface area contributed by atoms with Crippen LogP contribution in [0.1, 0.15) is 16.1 Å². The second-order valence-corrected chi connectivity index (χ2v) is 3.14. The van der Waals surface area contributed by atoms with Crippen molar-refractivity contribution in [3.63, 3.8) is 0 Å². The van der Waals surface area contributed by atoms with E-state index in [-0.39, 0.29) is 11.3 Å². The Morgan fingerprint density at radius 2 is 2.31 bits per heavy atom. The highest BCUT2D eigenvalue weighted by molar-refractivity contribution is 5.88. The lowest BCUT2D eigenvalue weighted by Gasteiger charge is -2.00. The van der Waals surface area contributed by atoms with Crippen molar-refractivity contribution >= 4 is 5.97 Å². The molecule has 0 bridgehead atoms. The van der Waals surface area contributed by atoms with E-state index in [1.807, 2.05) is 0 Å². The molecule has 6 heteroatoms. The molecular formula is C10H8FN3O2. The van der Waals surface area contributed by atoms with Crippen LogP contribution in [0.15, 0.2) is 30.5 Å². The maximum Gasteiger partial charge on any atom is 0.335 e. The van der Waals surface area contributed by atoms with E-state index in [1.54, 1.807) is 12.1 Å². The fourth-order valence-corrected chi connectivity index (χ4v) is 1.27. The molecule has 1 aromatic heterocycles. The topological polar surface area (TPSA) is 68.0 Å². The second-order valence-electron chi connectivity index (χ2n) is 3.14. The maximum atomic E-state index is 12.3. The van der Waals surface area contributed by atoms with Crippen molar-refractivity contribution in [2.75, 3.05) is 0 Å².